The molecule has 0 saturated carbocycles. The number of carbonyl (C=O) groups excluding carboxylic acids is 1. The third-order valence-electron chi connectivity index (χ3n) is 2.10. The zero-order valence-corrected chi connectivity index (χ0v) is 9.63. The summed E-state index contributed by atoms with van der Waals surface area (Å²) in [6, 6.07) is 1.65. The topological polar surface area (TPSA) is 59.5 Å². The lowest BCUT2D eigenvalue weighted by Gasteiger charge is -2.19. The first kappa shape index (κ1) is 11.7. The van der Waals surface area contributed by atoms with Crippen molar-refractivity contribution in [3.05, 3.63) is 23.7 Å². The van der Waals surface area contributed by atoms with Crippen LogP contribution in [0.4, 0.5) is 0 Å². The van der Waals surface area contributed by atoms with Gasteiger partial charge in [0.15, 0.2) is 0 Å². The van der Waals surface area contributed by atoms with Gasteiger partial charge in [0.05, 0.1) is 23.4 Å². The van der Waals surface area contributed by atoms with Gasteiger partial charge in [0.25, 0.3) is 5.91 Å². The Labute approximate surface area is 94.0 Å². The molecule has 1 aromatic rings. The van der Waals surface area contributed by atoms with Crippen LogP contribution in [-0.4, -0.2) is 28.9 Å². The molecule has 0 aliphatic rings. The van der Waals surface area contributed by atoms with E-state index in [-0.39, 0.29) is 5.91 Å². The maximum absolute atomic E-state index is 11.9. The normalized spacial score (nSPS) is 10.0. The van der Waals surface area contributed by atoms with Gasteiger partial charge in [-0.15, -0.1) is 0 Å². The molecule has 1 aromatic heterocycles. The Morgan fingerprint density at radius 3 is 2.73 bits per heavy atom. The predicted octanol–water partition coefficient (Wildman–Crippen LogP) is 1.34. The summed E-state index contributed by atoms with van der Waals surface area (Å²) in [5.41, 5.74) is 5.98. The molecule has 0 unspecified atom stereocenters. The van der Waals surface area contributed by atoms with Gasteiger partial charge in [-0.3, -0.25) is 4.79 Å². The van der Waals surface area contributed by atoms with Crippen LogP contribution >= 0.6 is 12.2 Å². The summed E-state index contributed by atoms with van der Waals surface area (Å²) in [5.74, 6) is 0.512. The highest BCUT2D eigenvalue weighted by Crippen LogP contribution is 2.11. The number of carbonyl (C=O) groups is 1. The number of nitrogens with zero attached hydrogens (tertiary/aromatic N) is 1. The van der Waals surface area contributed by atoms with Crippen LogP contribution < -0.4 is 5.73 Å². The Morgan fingerprint density at radius 1 is 1.67 bits per heavy atom. The van der Waals surface area contributed by atoms with E-state index in [4.69, 9.17) is 22.4 Å². The Morgan fingerprint density at radius 2 is 2.33 bits per heavy atom. The molecular formula is C10H14N2O2S. The number of likely N-dealkylation sites (N-methyl/N-ethyl adjacent to an activating group) is 1. The van der Waals surface area contributed by atoms with E-state index in [1.807, 2.05) is 6.92 Å². The summed E-state index contributed by atoms with van der Waals surface area (Å²) in [4.78, 5) is 13.8. The molecular weight excluding hydrogens is 212 g/mol. The van der Waals surface area contributed by atoms with E-state index in [9.17, 15) is 4.79 Å². The molecule has 0 spiro atoms. The summed E-state index contributed by atoms with van der Waals surface area (Å²) < 4.78 is 5.07. The van der Waals surface area contributed by atoms with E-state index in [1.165, 1.54) is 6.26 Å². The zero-order valence-electron chi connectivity index (χ0n) is 8.82. The lowest BCUT2D eigenvalue weighted by molar-refractivity contribution is 0.0786. The van der Waals surface area contributed by atoms with Gasteiger partial charge in [-0.1, -0.05) is 12.2 Å². The maximum atomic E-state index is 11.9. The Kier molecular flexibility index (Phi) is 3.85. The molecule has 0 aromatic carbocycles. The highest BCUT2D eigenvalue weighted by Gasteiger charge is 2.18. The predicted molar refractivity (Wildman–Crippen MR) is 61.8 cm³/mol. The molecule has 1 rings (SSSR count). The van der Waals surface area contributed by atoms with Gasteiger partial charge in [-0.2, -0.15) is 0 Å². The zero-order chi connectivity index (χ0) is 11.4. The molecule has 82 valence electrons. The number of hydrogen-bond donors (Lipinski definition) is 1. The quantitative estimate of drug-likeness (QED) is 0.787. The molecule has 2 N–H and O–H groups in total. The number of amides is 1. The molecule has 0 saturated heterocycles. The second kappa shape index (κ2) is 4.93. The van der Waals surface area contributed by atoms with E-state index in [1.54, 1.807) is 17.9 Å². The van der Waals surface area contributed by atoms with E-state index >= 15 is 0 Å². The third-order valence-corrected chi connectivity index (χ3v) is 2.23. The summed E-state index contributed by atoms with van der Waals surface area (Å²) >= 11 is 4.78. The van der Waals surface area contributed by atoms with Gasteiger partial charge in [0.1, 0.15) is 5.76 Å². The van der Waals surface area contributed by atoms with Crippen molar-refractivity contribution in [3.63, 3.8) is 0 Å². The van der Waals surface area contributed by atoms with Gasteiger partial charge in [0.2, 0.25) is 0 Å². The Balaban J connectivity index is 2.82. The SMILES string of the molecule is CCN(CC(N)=S)C(=O)c1ccoc1C. The number of hydrogen-bond acceptors (Lipinski definition) is 3. The summed E-state index contributed by atoms with van der Waals surface area (Å²) in [6.45, 7) is 4.50. The van der Waals surface area contributed by atoms with Gasteiger partial charge >= 0.3 is 0 Å². The van der Waals surface area contributed by atoms with Crippen LogP contribution in [0.5, 0.6) is 0 Å². The fourth-order valence-electron chi connectivity index (χ4n) is 1.29. The van der Waals surface area contributed by atoms with Crippen molar-refractivity contribution in [3.8, 4) is 0 Å². The molecule has 0 aliphatic carbocycles. The van der Waals surface area contributed by atoms with Gasteiger partial charge < -0.3 is 15.1 Å². The van der Waals surface area contributed by atoms with Crippen molar-refractivity contribution in [1.82, 2.24) is 4.90 Å². The second-order valence-electron chi connectivity index (χ2n) is 3.18. The summed E-state index contributed by atoms with van der Waals surface area (Å²) in [5, 5.41) is 0. The highest BCUT2D eigenvalue weighted by molar-refractivity contribution is 7.80. The first-order chi connectivity index (χ1) is 7.06. The molecule has 4 nitrogen and oxygen atoms in total. The Bertz CT molecular complexity index is 373. The lowest BCUT2D eigenvalue weighted by Crippen LogP contribution is -2.37. The fraction of sp³-hybridized carbons (Fsp3) is 0.400. The second-order valence-corrected chi connectivity index (χ2v) is 3.70. The van der Waals surface area contributed by atoms with Crippen molar-refractivity contribution in [2.45, 2.75) is 13.8 Å². The van der Waals surface area contributed by atoms with E-state index in [0.29, 0.717) is 29.4 Å². The maximum Gasteiger partial charge on any atom is 0.257 e. The van der Waals surface area contributed by atoms with E-state index in [2.05, 4.69) is 0 Å². The minimum atomic E-state index is -0.100. The monoisotopic (exact) mass is 226 g/mol. The van der Waals surface area contributed by atoms with Crippen molar-refractivity contribution in [2.75, 3.05) is 13.1 Å². The standard InChI is InChI=1S/C10H14N2O2S/c1-3-12(6-9(11)15)10(13)8-4-5-14-7(8)2/h4-5H,3,6H2,1-2H3,(H2,11,15). The number of furan rings is 1. The van der Waals surface area contributed by atoms with Gasteiger partial charge in [-0.05, 0) is 19.9 Å². The molecule has 0 fully saturated rings. The average molecular weight is 226 g/mol. The van der Waals surface area contributed by atoms with Crippen LogP contribution in [0.3, 0.4) is 0 Å². The number of aryl methyl sites for hydroxylation is 1. The number of rotatable bonds is 4. The summed E-state index contributed by atoms with van der Waals surface area (Å²) in [7, 11) is 0. The molecule has 15 heavy (non-hydrogen) atoms. The van der Waals surface area contributed by atoms with Crippen molar-refractivity contribution < 1.29 is 9.21 Å². The molecule has 5 heteroatoms. The first-order valence-corrected chi connectivity index (χ1v) is 5.08. The highest BCUT2D eigenvalue weighted by atomic mass is 32.1. The molecule has 0 bridgehead atoms. The third kappa shape index (κ3) is 2.79. The molecule has 0 aliphatic heterocycles. The van der Waals surface area contributed by atoms with Gasteiger partial charge in [-0.25, -0.2) is 0 Å². The minimum absolute atomic E-state index is 0.100. The fourth-order valence-corrected chi connectivity index (χ4v) is 1.45. The molecule has 0 atom stereocenters. The lowest BCUT2D eigenvalue weighted by atomic mass is 10.2. The van der Waals surface area contributed by atoms with Crippen LogP contribution in [0.2, 0.25) is 0 Å². The first-order valence-electron chi connectivity index (χ1n) is 4.68. The van der Waals surface area contributed by atoms with Crippen LogP contribution in [0, 0.1) is 6.92 Å². The summed E-state index contributed by atoms with van der Waals surface area (Å²) in [6.07, 6.45) is 1.50. The molecule has 1 heterocycles. The van der Waals surface area contributed by atoms with Crippen molar-refractivity contribution in [2.24, 2.45) is 5.73 Å². The number of nitrogens with two attached hydrogens (primary N) is 1. The van der Waals surface area contributed by atoms with E-state index in [0.717, 1.165) is 0 Å². The molecule has 0 radical (unpaired) electrons. The number of thiocarbonyl (C=S) groups is 1. The van der Waals surface area contributed by atoms with Crippen molar-refractivity contribution >= 4 is 23.1 Å². The van der Waals surface area contributed by atoms with Gasteiger partial charge in [0, 0.05) is 6.54 Å². The van der Waals surface area contributed by atoms with Crippen LogP contribution in [0.25, 0.3) is 0 Å². The van der Waals surface area contributed by atoms with Crippen molar-refractivity contribution in [1.29, 1.82) is 0 Å². The largest absolute Gasteiger partial charge is 0.469 e. The smallest absolute Gasteiger partial charge is 0.257 e. The average Bonchev–Trinajstić information content (AvgIpc) is 2.59. The van der Waals surface area contributed by atoms with Crippen LogP contribution in [-0.2, 0) is 0 Å². The molecule has 1 amide bonds. The van der Waals surface area contributed by atoms with E-state index < -0.39 is 0 Å². The minimum Gasteiger partial charge on any atom is -0.469 e. The Hall–Kier alpha value is -1.36. The van der Waals surface area contributed by atoms with Crippen LogP contribution in [0.15, 0.2) is 16.7 Å². The van der Waals surface area contributed by atoms with Crippen LogP contribution in [0.1, 0.15) is 23.0 Å².